The van der Waals surface area contributed by atoms with Crippen LogP contribution < -0.4 is 0 Å². The summed E-state index contributed by atoms with van der Waals surface area (Å²) < 4.78 is 26.8. The molecule has 0 spiro atoms. The fraction of sp³-hybridized carbons (Fsp3) is 0.0769. The minimum Gasteiger partial charge on any atom is -0.293 e. The Bertz CT molecular complexity index is 719. The molecule has 1 aromatic carbocycles. The zero-order valence-electron chi connectivity index (χ0n) is 10.3. The van der Waals surface area contributed by atoms with Crippen LogP contribution in [0.4, 0.5) is 14.5 Å². The number of benzene rings is 1. The van der Waals surface area contributed by atoms with Crippen molar-refractivity contribution >= 4 is 29.8 Å². The van der Waals surface area contributed by atoms with Crippen LogP contribution in [0, 0.1) is 11.6 Å². The van der Waals surface area contributed by atoms with E-state index in [0.29, 0.717) is 6.07 Å². The molecule has 2 rings (SSSR count). The lowest BCUT2D eigenvalue weighted by Crippen LogP contribution is -2.02. The number of hydrogen-bond acceptors (Lipinski definition) is 4. The highest BCUT2D eigenvalue weighted by molar-refractivity contribution is 6.28. The number of carbonyl (C=O) groups excluding carboxylic acids is 1. The average molecular weight is 296 g/mol. The summed E-state index contributed by atoms with van der Waals surface area (Å²) in [6.07, 6.45) is 0. The second-order valence-electron chi connectivity index (χ2n) is 3.88. The molecule has 20 heavy (non-hydrogen) atoms. The summed E-state index contributed by atoms with van der Waals surface area (Å²) in [4.78, 5) is 22.8. The molecule has 102 valence electrons. The number of aromatic nitrogens is 2. The molecule has 0 N–H and O–H groups in total. The Morgan fingerprint density at radius 3 is 2.60 bits per heavy atom. The summed E-state index contributed by atoms with van der Waals surface area (Å²) in [7, 11) is 0. The van der Waals surface area contributed by atoms with Crippen molar-refractivity contribution in [3.8, 4) is 11.3 Å². The second kappa shape index (κ2) is 5.42. The number of Topliss-reactive ketones (excluding diaryl/α,β-unsaturated/α-hetero) is 1. The first-order valence-electron chi connectivity index (χ1n) is 5.44. The van der Waals surface area contributed by atoms with E-state index in [2.05, 4.69) is 21.7 Å². The van der Waals surface area contributed by atoms with Gasteiger partial charge in [0.15, 0.2) is 5.78 Å². The van der Waals surface area contributed by atoms with Gasteiger partial charge < -0.3 is 0 Å². The van der Waals surface area contributed by atoms with Crippen molar-refractivity contribution in [1.29, 1.82) is 0 Å². The molecule has 0 unspecified atom stereocenters. The van der Waals surface area contributed by atoms with Crippen LogP contribution in [0.5, 0.6) is 0 Å². The Morgan fingerprint density at radius 1 is 1.35 bits per heavy atom. The third kappa shape index (κ3) is 2.55. The number of halogens is 3. The van der Waals surface area contributed by atoms with E-state index >= 15 is 0 Å². The summed E-state index contributed by atoms with van der Waals surface area (Å²) in [6, 6.07) is 2.95. The van der Waals surface area contributed by atoms with E-state index in [1.54, 1.807) is 0 Å². The zero-order chi connectivity index (χ0) is 14.9. The number of nitrogens with zero attached hydrogens (tertiary/aromatic N) is 3. The largest absolute Gasteiger partial charge is 0.293 e. The van der Waals surface area contributed by atoms with Crippen molar-refractivity contribution in [3.05, 3.63) is 40.8 Å². The van der Waals surface area contributed by atoms with Gasteiger partial charge in [0.1, 0.15) is 28.7 Å². The van der Waals surface area contributed by atoms with E-state index in [-0.39, 0.29) is 27.9 Å². The van der Waals surface area contributed by atoms with Gasteiger partial charge in [0.05, 0.1) is 0 Å². The van der Waals surface area contributed by atoms with Crippen LogP contribution in [-0.2, 0) is 0 Å². The van der Waals surface area contributed by atoms with E-state index in [4.69, 9.17) is 11.6 Å². The number of hydrogen-bond donors (Lipinski definition) is 0. The molecule has 0 aliphatic carbocycles. The van der Waals surface area contributed by atoms with Gasteiger partial charge in [0.2, 0.25) is 5.28 Å². The Morgan fingerprint density at radius 2 is 2.05 bits per heavy atom. The summed E-state index contributed by atoms with van der Waals surface area (Å²) >= 11 is 5.72. The summed E-state index contributed by atoms with van der Waals surface area (Å²) in [5.41, 5.74) is -0.116. The molecule has 0 bridgehead atoms. The molecule has 0 saturated heterocycles. The smallest absolute Gasteiger partial charge is 0.223 e. The highest BCUT2D eigenvalue weighted by atomic mass is 35.5. The molecule has 1 heterocycles. The minimum absolute atomic E-state index is 0.00686. The van der Waals surface area contributed by atoms with Gasteiger partial charge >= 0.3 is 0 Å². The van der Waals surface area contributed by atoms with Gasteiger partial charge in [-0.05, 0) is 30.5 Å². The van der Waals surface area contributed by atoms with Crippen LogP contribution in [0.2, 0.25) is 5.28 Å². The highest BCUT2D eigenvalue weighted by Crippen LogP contribution is 2.33. The molecule has 4 nitrogen and oxygen atoms in total. The van der Waals surface area contributed by atoms with E-state index in [0.717, 1.165) is 6.07 Å². The highest BCUT2D eigenvalue weighted by Gasteiger charge is 2.19. The zero-order valence-corrected chi connectivity index (χ0v) is 11.1. The van der Waals surface area contributed by atoms with Crippen LogP contribution in [0.1, 0.15) is 17.4 Å². The molecule has 0 aliphatic rings. The van der Waals surface area contributed by atoms with Crippen LogP contribution >= 0.6 is 11.6 Å². The maximum Gasteiger partial charge on any atom is 0.223 e. The SMILES string of the molecule is C=Nc1c(C(C)=O)nc(Cl)nc1-c1ccc(F)cc1F. The third-order valence-electron chi connectivity index (χ3n) is 2.53. The molecular weight excluding hydrogens is 288 g/mol. The predicted molar refractivity (Wildman–Crippen MR) is 71.6 cm³/mol. The molecule has 0 radical (unpaired) electrons. The molecule has 2 aromatic rings. The fourth-order valence-corrected chi connectivity index (χ4v) is 1.86. The fourth-order valence-electron chi connectivity index (χ4n) is 1.69. The number of ketones is 1. The number of rotatable bonds is 3. The van der Waals surface area contributed by atoms with E-state index in [1.165, 1.54) is 13.0 Å². The van der Waals surface area contributed by atoms with Crippen molar-refractivity contribution < 1.29 is 13.6 Å². The first kappa shape index (κ1) is 14.2. The van der Waals surface area contributed by atoms with Crippen LogP contribution in [-0.4, -0.2) is 22.5 Å². The van der Waals surface area contributed by atoms with E-state index in [1.807, 2.05) is 0 Å². The molecule has 0 aliphatic heterocycles. The van der Waals surface area contributed by atoms with Crippen molar-refractivity contribution in [2.45, 2.75) is 6.92 Å². The van der Waals surface area contributed by atoms with E-state index in [9.17, 15) is 13.6 Å². The first-order chi connectivity index (χ1) is 9.43. The topological polar surface area (TPSA) is 55.2 Å². The van der Waals surface area contributed by atoms with Gasteiger partial charge in [0, 0.05) is 18.6 Å². The lowest BCUT2D eigenvalue weighted by atomic mass is 10.1. The quantitative estimate of drug-likeness (QED) is 0.494. The lowest BCUT2D eigenvalue weighted by Gasteiger charge is -2.09. The summed E-state index contributed by atoms with van der Waals surface area (Å²) in [6.45, 7) is 4.58. The normalized spacial score (nSPS) is 10.4. The molecule has 7 heteroatoms. The predicted octanol–water partition coefficient (Wildman–Crippen LogP) is 3.61. The second-order valence-corrected chi connectivity index (χ2v) is 4.21. The monoisotopic (exact) mass is 295 g/mol. The Kier molecular flexibility index (Phi) is 3.85. The van der Waals surface area contributed by atoms with Gasteiger partial charge in [-0.25, -0.2) is 18.7 Å². The molecule has 0 saturated carbocycles. The summed E-state index contributed by atoms with van der Waals surface area (Å²) in [5.74, 6) is -1.99. The standard InChI is InChI=1S/C13H8ClF2N3O/c1-6(20)10-12(17-2)11(19-13(14)18-10)8-4-3-7(15)5-9(8)16/h3-5H,2H2,1H3. The van der Waals surface area contributed by atoms with Crippen molar-refractivity contribution in [2.75, 3.05) is 0 Å². The van der Waals surface area contributed by atoms with Crippen molar-refractivity contribution in [2.24, 2.45) is 4.99 Å². The number of carbonyl (C=O) groups is 1. The van der Waals surface area contributed by atoms with Crippen molar-refractivity contribution in [3.63, 3.8) is 0 Å². The van der Waals surface area contributed by atoms with Crippen molar-refractivity contribution in [1.82, 2.24) is 9.97 Å². The maximum atomic E-state index is 13.8. The van der Waals surface area contributed by atoms with Gasteiger partial charge in [-0.15, -0.1) is 0 Å². The van der Waals surface area contributed by atoms with Crippen LogP contribution in [0.15, 0.2) is 23.2 Å². The Hall–Kier alpha value is -2.21. The lowest BCUT2D eigenvalue weighted by molar-refractivity contribution is 0.101. The molecule has 1 aromatic heterocycles. The molecule has 0 fully saturated rings. The average Bonchev–Trinajstić information content (AvgIpc) is 2.37. The Labute approximate surface area is 118 Å². The first-order valence-corrected chi connectivity index (χ1v) is 5.82. The van der Waals surface area contributed by atoms with Gasteiger partial charge in [-0.3, -0.25) is 9.79 Å². The molecular formula is C13H8ClF2N3O. The number of aliphatic imine (C=N–C) groups is 1. The van der Waals surface area contributed by atoms with Crippen LogP contribution in [0.25, 0.3) is 11.3 Å². The third-order valence-corrected chi connectivity index (χ3v) is 2.70. The van der Waals surface area contributed by atoms with Gasteiger partial charge in [-0.1, -0.05) is 0 Å². The van der Waals surface area contributed by atoms with E-state index < -0.39 is 17.4 Å². The molecule has 0 atom stereocenters. The Balaban J connectivity index is 2.79. The summed E-state index contributed by atoms with van der Waals surface area (Å²) in [5, 5.41) is -0.235. The molecule has 0 amide bonds. The maximum absolute atomic E-state index is 13.8. The van der Waals surface area contributed by atoms with Gasteiger partial charge in [-0.2, -0.15) is 0 Å². The van der Waals surface area contributed by atoms with Gasteiger partial charge in [0.25, 0.3) is 0 Å². The minimum atomic E-state index is -0.848. The van der Waals surface area contributed by atoms with Crippen LogP contribution in [0.3, 0.4) is 0 Å².